The largest absolute Gasteiger partial charge is 0.391 e. The highest BCUT2D eigenvalue weighted by Crippen LogP contribution is 2.40. The Labute approximate surface area is 94.0 Å². The van der Waals surface area contributed by atoms with Crippen molar-refractivity contribution in [2.75, 3.05) is 0 Å². The van der Waals surface area contributed by atoms with Crippen LogP contribution < -0.4 is 0 Å². The van der Waals surface area contributed by atoms with E-state index < -0.39 is 0 Å². The molecule has 1 aliphatic rings. The van der Waals surface area contributed by atoms with E-state index in [0.717, 1.165) is 18.8 Å². The van der Waals surface area contributed by atoms with Gasteiger partial charge in [-0.15, -0.1) is 0 Å². The van der Waals surface area contributed by atoms with Gasteiger partial charge in [0.05, 0.1) is 18.3 Å². The van der Waals surface area contributed by atoms with E-state index in [0.29, 0.717) is 11.5 Å². The Kier molecular flexibility index (Phi) is 4.19. The van der Waals surface area contributed by atoms with Crippen LogP contribution >= 0.6 is 0 Å². The summed E-state index contributed by atoms with van der Waals surface area (Å²) >= 11 is 0. The van der Waals surface area contributed by atoms with Gasteiger partial charge < -0.3 is 9.84 Å². The molecule has 0 aromatic carbocycles. The lowest BCUT2D eigenvalue weighted by atomic mass is 9.71. The summed E-state index contributed by atoms with van der Waals surface area (Å²) in [6.07, 6.45) is 3.46. The average molecular weight is 214 g/mol. The van der Waals surface area contributed by atoms with Crippen LogP contribution in [0.3, 0.4) is 0 Å². The molecule has 0 radical (unpaired) electrons. The molecule has 2 heteroatoms. The molecule has 0 amide bonds. The Hall–Kier alpha value is -0.0800. The molecular weight excluding hydrogens is 188 g/mol. The number of rotatable bonds is 3. The fourth-order valence-corrected chi connectivity index (χ4v) is 2.78. The van der Waals surface area contributed by atoms with Crippen LogP contribution in [-0.4, -0.2) is 23.4 Å². The molecule has 0 spiro atoms. The molecule has 1 N–H and O–H groups in total. The number of hydrogen-bond acceptors (Lipinski definition) is 2. The Morgan fingerprint density at radius 3 is 2.33 bits per heavy atom. The highest BCUT2D eigenvalue weighted by atomic mass is 16.5. The maximum atomic E-state index is 9.42. The third-order valence-electron chi connectivity index (χ3n) is 3.43. The minimum Gasteiger partial charge on any atom is -0.391 e. The molecule has 0 aromatic heterocycles. The van der Waals surface area contributed by atoms with Crippen molar-refractivity contribution < 1.29 is 9.84 Å². The molecule has 2 nitrogen and oxygen atoms in total. The minimum absolute atomic E-state index is 0.0453. The minimum atomic E-state index is -0.370. The highest BCUT2D eigenvalue weighted by Gasteiger charge is 2.33. The molecule has 15 heavy (non-hydrogen) atoms. The van der Waals surface area contributed by atoms with Crippen LogP contribution in [0.25, 0.3) is 0 Å². The van der Waals surface area contributed by atoms with Crippen molar-refractivity contribution in [1.29, 1.82) is 0 Å². The van der Waals surface area contributed by atoms with Crippen molar-refractivity contribution in [2.45, 2.75) is 72.2 Å². The van der Waals surface area contributed by atoms with Gasteiger partial charge in [0.15, 0.2) is 0 Å². The zero-order valence-corrected chi connectivity index (χ0v) is 10.8. The molecular formula is C13H26O2. The third-order valence-corrected chi connectivity index (χ3v) is 3.43. The van der Waals surface area contributed by atoms with E-state index in [4.69, 9.17) is 4.74 Å². The molecule has 4 atom stereocenters. The first kappa shape index (κ1) is 13.0. The normalized spacial score (nSPS) is 34.8. The van der Waals surface area contributed by atoms with Crippen LogP contribution in [0.4, 0.5) is 0 Å². The summed E-state index contributed by atoms with van der Waals surface area (Å²) in [5.41, 5.74) is 0.390. The zero-order valence-electron chi connectivity index (χ0n) is 10.8. The summed E-state index contributed by atoms with van der Waals surface area (Å²) in [4.78, 5) is 0. The SMILES string of the molecule is CC1CC(OC(C)C(C)O)CC(C)(C)C1. The zero-order chi connectivity index (χ0) is 11.6. The molecule has 1 saturated carbocycles. The predicted octanol–water partition coefficient (Wildman–Crippen LogP) is 2.99. The lowest BCUT2D eigenvalue weighted by molar-refractivity contribution is -0.0959. The maximum Gasteiger partial charge on any atom is 0.0806 e. The Balaban J connectivity index is 2.48. The summed E-state index contributed by atoms with van der Waals surface area (Å²) < 4.78 is 5.91. The van der Waals surface area contributed by atoms with E-state index in [1.807, 2.05) is 6.92 Å². The molecule has 0 heterocycles. The number of hydrogen-bond donors (Lipinski definition) is 1. The number of ether oxygens (including phenoxy) is 1. The molecule has 1 aliphatic carbocycles. The quantitative estimate of drug-likeness (QED) is 0.782. The fourth-order valence-electron chi connectivity index (χ4n) is 2.78. The smallest absolute Gasteiger partial charge is 0.0806 e. The van der Waals surface area contributed by atoms with Crippen LogP contribution in [-0.2, 0) is 4.74 Å². The van der Waals surface area contributed by atoms with Crippen LogP contribution in [0.2, 0.25) is 0 Å². The topological polar surface area (TPSA) is 29.5 Å². The Bertz CT molecular complexity index is 199. The summed E-state index contributed by atoms with van der Waals surface area (Å²) in [6, 6.07) is 0. The molecule has 0 aliphatic heterocycles. The van der Waals surface area contributed by atoms with E-state index in [-0.39, 0.29) is 12.2 Å². The van der Waals surface area contributed by atoms with Gasteiger partial charge in [0.1, 0.15) is 0 Å². The van der Waals surface area contributed by atoms with E-state index in [1.165, 1.54) is 6.42 Å². The highest BCUT2D eigenvalue weighted by molar-refractivity contribution is 4.84. The maximum absolute atomic E-state index is 9.42. The second kappa shape index (κ2) is 4.84. The van der Waals surface area contributed by atoms with Gasteiger partial charge in [-0.2, -0.15) is 0 Å². The van der Waals surface area contributed by atoms with Gasteiger partial charge in [0.25, 0.3) is 0 Å². The lowest BCUT2D eigenvalue weighted by Crippen LogP contribution is -2.36. The Morgan fingerprint density at radius 2 is 1.87 bits per heavy atom. The summed E-state index contributed by atoms with van der Waals surface area (Å²) in [6.45, 7) is 10.7. The van der Waals surface area contributed by atoms with Gasteiger partial charge in [-0.1, -0.05) is 20.8 Å². The van der Waals surface area contributed by atoms with Gasteiger partial charge in [0, 0.05) is 0 Å². The van der Waals surface area contributed by atoms with E-state index >= 15 is 0 Å². The van der Waals surface area contributed by atoms with E-state index in [1.54, 1.807) is 6.92 Å². The summed E-state index contributed by atoms with van der Waals surface area (Å²) in [7, 11) is 0. The second-order valence-electron chi connectivity index (χ2n) is 6.12. The van der Waals surface area contributed by atoms with Gasteiger partial charge in [-0.3, -0.25) is 0 Å². The van der Waals surface area contributed by atoms with Crippen molar-refractivity contribution in [3.05, 3.63) is 0 Å². The van der Waals surface area contributed by atoms with Crippen LogP contribution in [0.15, 0.2) is 0 Å². The monoisotopic (exact) mass is 214 g/mol. The van der Waals surface area contributed by atoms with Crippen molar-refractivity contribution in [3.63, 3.8) is 0 Å². The van der Waals surface area contributed by atoms with Gasteiger partial charge in [0.2, 0.25) is 0 Å². The summed E-state index contributed by atoms with van der Waals surface area (Å²) in [5, 5.41) is 9.42. The van der Waals surface area contributed by atoms with Crippen molar-refractivity contribution >= 4 is 0 Å². The Morgan fingerprint density at radius 1 is 1.27 bits per heavy atom. The first-order valence-corrected chi connectivity index (χ1v) is 6.14. The molecule has 90 valence electrons. The fraction of sp³-hybridized carbons (Fsp3) is 1.00. The molecule has 0 aromatic rings. The average Bonchev–Trinajstić information content (AvgIpc) is 1.99. The van der Waals surface area contributed by atoms with E-state index in [2.05, 4.69) is 20.8 Å². The van der Waals surface area contributed by atoms with Gasteiger partial charge in [-0.05, 0) is 44.4 Å². The first-order chi connectivity index (χ1) is 6.80. The van der Waals surface area contributed by atoms with Crippen molar-refractivity contribution in [1.82, 2.24) is 0 Å². The van der Waals surface area contributed by atoms with Crippen molar-refractivity contribution in [3.8, 4) is 0 Å². The molecule has 1 rings (SSSR count). The van der Waals surface area contributed by atoms with Crippen LogP contribution in [0, 0.1) is 11.3 Å². The molecule has 4 unspecified atom stereocenters. The van der Waals surface area contributed by atoms with Crippen LogP contribution in [0.5, 0.6) is 0 Å². The third kappa shape index (κ3) is 4.12. The van der Waals surface area contributed by atoms with Crippen LogP contribution in [0.1, 0.15) is 53.9 Å². The van der Waals surface area contributed by atoms with E-state index in [9.17, 15) is 5.11 Å². The number of aliphatic hydroxyl groups is 1. The summed E-state index contributed by atoms with van der Waals surface area (Å²) in [5.74, 6) is 0.736. The predicted molar refractivity (Wildman–Crippen MR) is 62.8 cm³/mol. The molecule has 1 fully saturated rings. The van der Waals surface area contributed by atoms with Gasteiger partial charge in [-0.25, -0.2) is 0 Å². The molecule has 0 saturated heterocycles. The van der Waals surface area contributed by atoms with Crippen molar-refractivity contribution in [2.24, 2.45) is 11.3 Å². The second-order valence-corrected chi connectivity index (χ2v) is 6.12. The molecule has 0 bridgehead atoms. The standard InChI is InChI=1S/C13H26O2/c1-9-6-12(8-13(4,5)7-9)15-11(3)10(2)14/h9-12,14H,6-8H2,1-5H3. The first-order valence-electron chi connectivity index (χ1n) is 6.14. The van der Waals surface area contributed by atoms with Gasteiger partial charge >= 0.3 is 0 Å². The lowest BCUT2D eigenvalue weighted by Gasteiger charge is -2.40. The number of aliphatic hydroxyl groups excluding tert-OH is 1.